The van der Waals surface area contributed by atoms with Crippen molar-refractivity contribution in [2.45, 2.75) is 19.3 Å². The van der Waals surface area contributed by atoms with E-state index >= 15 is 0 Å². The maximum atomic E-state index is 6.35. The van der Waals surface area contributed by atoms with Crippen LogP contribution in [-0.2, 0) is 5.41 Å². The summed E-state index contributed by atoms with van der Waals surface area (Å²) in [6.45, 7) is 4.65. The number of benzene rings is 5. The van der Waals surface area contributed by atoms with Crippen molar-refractivity contribution in [2.24, 2.45) is 0 Å². The molecule has 0 atom stereocenters. The summed E-state index contributed by atoms with van der Waals surface area (Å²) in [5.41, 5.74) is 6.16. The lowest BCUT2D eigenvalue weighted by Gasteiger charge is -2.23. The standard InChI is InChI=1S/C32H23ClN2/c1-32(2)28-16-19(35-31-30(33)12-7-15-34-31)13-14-24(28)27-17-25-22-10-5-3-8-20(22)21-9-4-6-11-23(21)26(25)18-29(27)32/h3-18H,1-2H3,(H,34,35). The lowest BCUT2D eigenvalue weighted by atomic mass is 9.81. The lowest BCUT2D eigenvalue weighted by Crippen LogP contribution is -2.15. The number of halogens is 1. The van der Waals surface area contributed by atoms with Gasteiger partial charge in [0, 0.05) is 17.3 Å². The number of fused-ring (bicyclic) bond motifs is 9. The molecule has 0 fully saturated rings. The Labute approximate surface area is 209 Å². The van der Waals surface area contributed by atoms with E-state index in [4.69, 9.17) is 11.6 Å². The highest BCUT2D eigenvalue weighted by Gasteiger charge is 2.36. The van der Waals surface area contributed by atoms with Crippen LogP contribution < -0.4 is 5.32 Å². The zero-order valence-corrected chi connectivity index (χ0v) is 20.3. The van der Waals surface area contributed by atoms with E-state index in [9.17, 15) is 0 Å². The zero-order chi connectivity index (χ0) is 23.7. The van der Waals surface area contributed by atoms with E-state index in [0.29, 0.717) is 10.8 Å². The van der Waals surface area contributed by atoms with Crippen LogP contribution in [0, 0.1) is 0 Å². The number of pyridine rings is 1. The van der Waals surface area contributed by atoms with Gasteiger partial charge in [0.25, 0.3) is 0 Å². The fraction of sp³-hybridized carbons (Fsp3) is 0.0938. The molecular weight excluding hydrogens is 448 g/mol. The van der Waals surface area contributed by atoms with Crippen LogP contribution in [0.25, 0.3) is 43.4 Å². The molecular formula is C32H23ClN2. The molecule has 6 aromatic rings. The first kappa shape index (κ1) is 20.5. The largest absolute Gasteiger partial charge is 0.339 e. The molecule has 168 valence electrons. The predicted octanol–water partition coefficient (Wildman–Crippen LogP) is 9.24. The Morgan fingerprint density at radius 2 is 1.23 bits per heavy atom. The van der Waals surface area contributed by atoms with E-state index in [-0.39, 0.29) is 5.41 Å². The van der Waals surface area contributed by atoms with E-state index < -0.39 is 0 Å². The monoisotopic (exact) mass is 470 g/mol. The molecule has 0 saturated heterocycles. The lowest BCUT2D eigenvalue weighted by molar-refractivity contribution is 0.661. The number of rotatable bonds is 2. The highest BCUT2D eigenvalue weighted by molar-refractivity contribution is 6.33. The molecule has 35 heavy (non-hydrogen) atoms. The molecule has 1 N–H and O–H groups in total. The molecule has 5 aromatic carbocycles. The molecule has 0 saturated carbocycles. The van der Waals surface area contributed by atoms with Gasteiger partial charge in [-0.25, -0.2) is 4.98 Å². The van der Waals surface area contributed by atoms with Crippen molar-refractivity contribution in [2.75, 3.05) is 5.32 Å². The van der Waals surface area contributed by atoms with Gasteiger partial charge in [-0.15, -0.1) is 0 Å². The van der Waals surface area contributed by atoms with Crippen molar-refractivity contribution in [3.63, 3.8) is 0 Å². The summed E-state index contributed by atoms with van der Waals surface area (Å²) in [7, 11) is 0. The number of hydrogen-bond donors (Lipinski definition) is 1. The van der Waals surface area contributed by atoms with Crippen LogP contribution in [0.3, 0.4) is 0 Å². The van der Waals surface area contributed by atoms with Gasteiger partial charge in [0.05, 0.1) is 5.02 Å². The fourth-order valence-corrected chi connectivity index (χ4v) is 5.99. The third-order valence-electron chi connectivity index (χ3n) is 7.56. The highest BCUT2D eigenvalue weighted by atomic mass is 35.5. The molecule has 1 aliphatic carbocycles. The van der Waals surface area contributed by atoms with Crippen LogP contribution >= 0.6 is 11.6 Å². The van der Waals surface area contributed by atoms with Gasteiger partial charge in [0.2, 0.25) is 0 Å². The van der Waals surface area contributed by atoms with E-state index in [1.165, 1.54) is 54.6 Å². The normalized spacial score (nSPS) is 13.8. The van der Waals surface area contributed by atoms with Crippen LogP contribution in [0.5, 0.6) is 0 Å². The predicted molar refractivity (Wildman–Crippen MR) is 149 cm³/mol. The molecule has 0 amide bonds. The summed E-state index contributed by atoms with van der Waals surface area (Å²) < 4.78 is 0. The van der Waals surface area contributed by atoms with Crippen molar-refractivity contribution in [1.29, 1.82) is 0 Å². The Morgan fingerprint density at radius 1 is 0.629 bits per heavy atom. The summed E-state index contributed by atoms with van der Waals surface area (Å²) in [4.78, 5) is 4.39. The molecule has 1 heterocycles. The maximum Gasteiger partial charge on any atom is 0.149 e. The van der Waals surface area contributed by atoms with Crippen LogP contribution in [0.15, 0.2) is 97.2 Å². The molecule has 2 nitrogen and oxygen atoms in total. The second-order valence-electron chi connectivity index (χ2n) is 9.88. The summed E-state index contributed by atoms with van der Waals surface area (Å²) in [6, 6.07) is 32.7. The van der Waals surface area contributed by atoms with Gasteiger partial charge in [0.1, 0.15) is 5.82 Å². The van der Waals surface area contributed by atoms with Gasteiger partial charge in [-0.05, 0) is 91.0 Å². The quantitative estimate of drug-likeness (QED) is 0.255. The van der Waals surface area contributed by atoms with Gasteiger partial charge in [-0.3, -0.25) is 0 Å². The van der Waals surface area contributed by atoms with Crippen molar-refractivity contribution >= 4 is 55.4 Å². The summed E-state index contributed by atoms with van der Waals surface area (Å²) in [6.07, 6.45) is 1.75. The highest BCUT2D eigenvalue weighted by Crippen LogP contribution is 2.52. The second-order valence-corrected chi connectivity index (χ2v) is 10.3. The molecule has 3 heteroatoms. The van der Waals surface area contributed by atoms with E-state index in [1.807, 2.05) is 12.1 Å². The Hall–Kier alpha value is -3.88. The summed E-state index contributed by atoms with van der Waals surface area (Å²) in [5.74, 6) is 0.672. The van der Waals surface area contributed by atoms with Crippen LogP contribution in [-0.4, -0.2) is 4.98 Å². The van der Waals surface area contributed by atoms with Crippen molar-refractivity contribution < 1.29 is 0 Å². The molecule has 0 spiro atoms. The molecule has 0 radical (unpaired) electrons. The minimum absolute atomic E-state index is 0.128. The van der Waals surface area contributed by atoms with Gasteiger partial charge >= 0.3 is 0 Å². The van der Waals surface area contributed by atoms with Crippen LogP contribution in [0.1, 0.15) is 25.0 Å². The first-order chi connectivity index (χ1) is 17.0. The number of anilines is 2. The maximum absolute atomic E-state index is 6.35. The number of aromatic nitrogens is 1. The number of nitrogens with zero attached hydrogens (tertiary/aromatic N) is 1. The van der Waals surface area contributed by atoms with Crippen molar-refractivity contribution in [3.05, 3.63) is 113 Å². The average molecular weight is 471 g/mol. The zero-order valence-electron chi connectivity index (χ0n) is 19.6. The molecule has 1 aliphatic rings. The van der Waals surface area contributed by atoms with E-state index in [2.05, 4.69) is 103 Å². The van der Waals surface area contributed by atoms with Crippen molar-refractivity contribution in [3.8, 4) is 11.1 Å². The fourth-order valence-electron chi connectivity index (χ4n) is 5.82. The first-order valence-electron chi connectivity index (χ1n) is 11.9. The number of hydrogen-bond acceptors (Lipinski definition) is 2. The average Bonchev–Trinajstić information content (AvgIpc) is 3.10. The minimum atomic E-state index is -0.128. The molecule has 0 unspecified atom stereocenters. The van der Waals surface area contributed by atoms with Crippen LogP contribution in [0.2, 0.25) is 5.02 Å². The SMILES string of the molecule is CC1(C)c2cc(Nc3ncccc3Cl)ccc2-c2cc3c4ccccc4c4ccccc4c3cc21. The number of nitrogens with one attached hydrogen (secondary N) is 1. The topological polar surface area (TPSA) is 24.9 Å². The Bertz CT molecular complexity index is 1820. The van der Waals surface area contributed by atoms with Crippen molar-refractivity contribution in [1.82, 2.24) is 4.98 Å². The van der Waals surface area contributed by atoms with Gasteiger partial charge in [-0.2, -0.15) is 0 Å². The minimum Gasteiger partial charge on any atom is -0.339 e. The molecule has 0 aliphatic heterocycles. The smallest absolute Gasteiger partial charge is 0.149 e. The Balaban J connectivity index is 1.48. The van der Waals surface area contributed by atoms with E-state index in [1.54, 1.807) is 6.20 Å². The summed E-state index contributed by atoms with van der Waals surface area (Å²) in [5, 5.41) is 11.9. The summed E-state index contributed by atoms with van der Waals surface area (Å²) >= 11 is 6.35. The Kier molecular flexibility index (Phi) is 4.28. The third kappa shape index (κ3) is 2.93. The first-order valence-corrected chi connectivity index (χ1v) is 12.3. The Morgan fingerprint density at radius 3 is 1.89 bits per heavy atom. The molecule has 1 aromatic heterocycles. The van der Waals surface area contributed by atoms with E-state index in [0.717, 1.165) is 5.69 Å². The second kappa shape index (κ2) is 7.31. The molecule has 0 bridgehead atoms. The van der Waals surface area contributed by atoms with Crippen LogP contribution in [0.4, 0.5) is 11.5 Å². The third-order valence-corrected chi connectivity index (χ3v) is 7.86. The van der Waals surface area contributed by atoms with Gasteiger partial charge in [-0.1, -0.05) is 80.0 Å². The molecule has 7 rings (SSSR count). The van der Waals surface area contributed by atoms with Gasteiger partial charge in [0.15, 0.2) is 0 Å². The van der Waals surface area contributed by atoms with Gasteiger partial charge < -0.3 is 5.32 Å².